The number of aryl methyl sites for hydroxylation is 2. The Morgan fingerprint density at radius 3 is 1.93 bits per heavy atom. The summed E-state index contributed by atoms with van der Waals surface area (Å²) in [6, 6.07) is 23.4. The summed E-state index contributed by atoms with van der Waals surface area (Å²) >= 11 is 6.58. The van der Waals surface area contributed by atoms with Crippen LogP contribution in [0.15, 0.2) is 66.7 Å². The van der Waals surface area contributed by atoms with E-state index < -0.39 is 0 Å². The van der Waals surface area contributed by atoms with Crippen molar-refractivity contribution in [1.82, 2.24) is 0 Å². The van der Waals surface area contributed by atoms with Crippen LogP contribution in [0.25, 0.3) is 11.1 Å². The van der Waals surface area contributed by atoms with Gasteiger partial charge in [0, 0.05) is 21.7 Å². The first-order valence-electron chi connectivity index (χ1n) is 10.7. The fraction of sp³-hybridized carbons (Fsp3) is 0.286. The Labute approximate surface area is 180 Å². The van der Waals surface area contributed by atoms with Gasteiger partial charge in [0.2, 0.25) is 0 Å². The molecule has 0 fully saturated rings. The summed E-state index contributed by atoms with van der Waals surface area (Å²) in [5, 5.41) is 0.744. The van der Waals surface area contributed by atoms with Gasteiger partial charge in [-0.25, -0.2) is 0 Å². The Morgan fingerprint density at radius 1 is 0.655 bits per heavy atom. The molecule has 0 atom stereocenters. The molecule has 0 radical (unpaired) electrons. The van der Waals surface area contributed by atoms with Crippen LogP contribution in [0.5, 0.6) is 0 Å². The van der Waals surface area contributed by atoms with Gasteiger partial charge in [-0.15, -0.1) is 0 Å². The predicted octanol–water partition coefficient (Wildman–Crippen LogP) is 8.09. The van der Waals surface area contributed by atoms with Crippen molar-refractivity contribution in [2.45, 2.75) is 52.4 Å². The lowest BCUT2D eigenvalue weighted by Crippen LogP contribution is -1.87. The fourth-order valence-corrected chi connectivity index (χ4v) is 3.73. The van der Waals surface area contributed by atoms with Crippen molar-refractivity contribution < 1.29 is 0 Å². The number of hydrogen-bond acceptors (Lipinski definition) is 0. The van der Waals surface area contributed by atoms with Crippen molar-refractivity contribution in [3.05, 3.63) is 94.0 Å². The highest BCUT2D eigenvalue weighted by Crippen LogP contribution is 2.29. The van der Waals surface area contributed by atoms with E-state index in [1.165, 1.54) is 30.4 Å². The zero-order valence-corrected chi connectivity index (χ0v) is 18.2. The second-order valence-electron chi connectivity index (χ2n) is 7.55. The van der Waals surface area contributed by atoms with E-state index in [4.69, 9.17) is 11.6 Å². The molecule has 0 spiro atoms. The molecule has 0 N–H and O–H groups in total. The number of rotatable bonds is 7. The quantitative estimate of drug-likeness (QED) is 0.277. The highest BCUT2D eigenvalue weighted by atomic mass is 35.5. The third kappa shape index (κ3) is 6.25. The summed E-state index contributed by atoms with van der Waals surface area (Å²) < 4.78 is 0. The molecule has 0 bridgehead atoms. The second-order valence-corrected chi connectivity index (χ2v) is 7.95. The van der Waals surface area contributed by atoms with Crippen LogP contribution in [0.4, 0.5) is 0 Å². The first-order valence-corrected chi connectivity index (χ1v) is 11.1. The van der Waals surface area contributed by atoms with Crippen molar-refractivity contribution in [3.8, 4) is 23.0 Å². The predicted molar refractivity (Wildman–Crippen MR) is 127 cm³/mol. The molecule has 3 aromatic carbocycles. The molecule has 0 aliphatic rings. The number of hydrogen-bond donors (Lipinski definition) is 0. The third-order valence-corrected chi connectivity index (χ3v) is 5.46. The maximum absolute atomic E-state index is 6.58. The van der Waals surface area contributed by atoms with E-state index in [1.54, 1.807) is 0 Å². The molecule has 3 aromatic rings. The standard InChI is InChI=1S/C28H29Cl/c1-3-5-6-8-23-15-18-26(19-16-23)27-20-17-25(21-28(27)29)14-13-24-11-9-22(7-4-2)10-12-24/h9-12,15-21H,3-8H2,1-2H3. The molecular formula is C28H29Cl. The minimum Gasteiger partial charge on any atom is -0.0836 e. The lowest BCUT2D eigenvalue weighted by Gasteiger charge is -2.07. The van der Waals surface area contributed by atoms with Crippen molar-refractivity contribution >= 4 is 11.6 Å². The van der Waals surface area contributed by atoms with Gasteiger partial charge in [-0.3, -0.25) is 0 Å². The van der Waals surface area contributed by atoms with Crippen LogP contribution in [0.2, 0.25) is 5.02 Å². The van der Waals surface area contributed by atoms with Gasteiger partial charge >= 0.3 is 0 Å². The van der Waals surface area contributed by atoms with Crippen LogP contribution in [-0.4, -0.2) is 0 Å². The smallest absolute Gasteiger partial charge is 0.0496 e. The van der Waals surface area contributed by atoms with Crippen LogP contribution in [0.3, 0.4) is 0 Å². The lowest BCUT2D eigenvalue weighted by atomic mass is 10.0. The summed E-state index contributed by atoms with van der Waals surface area (Å²) in [5.41, 5.74) is 6.94. The Morgan fingerprint density at radius 2 is 1.28 bits per heavy atom. The largest absolute Gasteiger partial charge is 0.0836 e. The first-order chi connectivity index (χ1) is 14.2. The molecule has 29 heavy (non-hydrogen) atoms. The summed E-state index contributed by atoms with van der Waals surface area (Å²) in [6.45, 7) is 4.44. The Hall–Kier alpha value is -2.49. The number of halogens is 1. The van der Waals surface area contributed by atoms with Gasteiger partial charge < -0.3 is 0 Å². The van der Waals surface area contributed by atoms with Gasteiger partial charge in [0.1, 0.15) is 0 Å². The molecule has 0 aromatic heterocycles. The molecule has 0 aliphatic carbocycles. The minimum atomic E-state index is 0.744. The van der Waals surface area contributed by atoms with E-state index in [-0.39, 0.29) is 0 Å². The van der Waals surface area contributed by atoms with E-state index >= 15 is 0 Å². The molecular weight excluding hydrogens is 372 g/mol. The summed E-state index contributed by atoms with van der Waals surface area (Å²) in [4.78, 5) is 0. The van der Waals surface area contributed by atoms with Crippen molar-refractivity contribution in [2.75, 3.05) is 0 Å². The van der Waals surface area contributed by atoms with Gasteiger partial charge in [0.15, 0.2) is 0 Å². The van der Waals surface area contributed by atoms with Gasteiger partial charge in [-0.1, -0.05) is 99.0 Å². The third-order valence-electron chi connectivity index (χ3n) is 5.15. The second kappa shape index (κ2) is 10.9. The van der Waals surface area contributed by atoms with Crippen LogP contribution >= 0.6 is 11.6 Å². The zero-order valence-electron chi connectivity index (χ0n) is 17.5. The van der Waals surface area contributed by atoms with E-state index in [1.807, 2.05) is 6.07 Å². The average molecular weight is 401 g/mol. The van der Waals surface area contributed by atoms with E-state index in [0.29, 0.717) is 0 Å². The average Bonchev–Trinajstić information content (AvgIpc) is 2.74. The van der Waals surface area contributed by atoms with Crippen LogP contribution in [0.1, 0.15) is 61.8 Å². The zero-order chi connectivity index (χ0) is 20.5. The van der Waals surface area contributed by atoms with Gasteiger partial charge in [-0.2, -0.15) is 0 Å². The molecule has 0 amide bonds. The molecule has 0 nitrogen and oxygen atoms in total. The lowest BCUT2D eigenvalue weighted by molar-refractivity contribution is 0.717. The van der Waals surface area contributed by atoms with Crippen molar-refractivity contribution in [2.24, 2.45) is 0 Å². The normalized spacial score (nSPS) is 10.4. The van der Waals surface area contributed by atoms with Crippen LogP contribution < -0.4 is 0 Å². The molecule has 0 saturated heterocycles. The Bertz CT molecular complexity index is 970. The van der Waals surface area contributed by atoms with Gasteiger partial charge in [-0.05, 0) is 60.2 Å². The molecule has 148 valence electrons. The molecule has 0 unspecified atom stereocenters. The highest BCUT2D eigenvalue weighted by Gasteiger charge is 2.04. The number of unbranched alkanes of at least 4 members (excludes halogenated alkanes) is 2. The molecule has 0 saturated carbocycles. The highest BCUT2D eigenvalue weighted by molar-refractivity contribution is 6.33. The summed E-state index contributed by atoms with van der Waals surface area (Å²) in [5.74, 6) is 6.48. The Balaban J connectivity index is 1.70. The maximum atomic E-state index is 6.58. The van der Waals surface area contributed by atoms with Gasteiger partial charge in [0.05, 0.1) is 0 Å². The maximum Gasteiger partial charge on any atom is 0.0496 e. The minimum absolute atomic E-state index is 0.744. The van der Waals surface area contributed by atoms with Gasteiger partial charge in [0.25, 0.3) is 0 Å². The Kier molecular flexibility index (Phi) is 7.97. The number of benzene rings is 3. The fourth-order valence-electron chi connectivity index (χ4n) is 3.44. The topological polar surface area (TPSA) is 0 Å². The molecule has 1 heteroatoms. The van der Waals surface area contributed by atoms with Crippen molar-refractivity contribution in [1.29, 1.82) is 0 Å². The molecule has 3 rings (SSSR count). The van der Waals surface area contributed by atoms with Crippen LogP contribution in [0, 0.1) is 11.8 Å². The van der Waals surface area contributed by atoms with E-state index in [9.17, 15) is 0 Å². The van der Waals surface area contributed by atoms with Crippen molar-refractivity contribution in [3.63, 3.8) is 0 Å². The molecule has 0 aliphatic heterocycles. The van der Waals surface area contributed by atoms with Crippen LogP contribution in [-0.2, 0) is 12.8 Å². The van der Waals surface area contributed by atoms with E-state index in [2.05, 4.69) is 86.4 Å². The SMILES string of the molecule is CCCCCc1ccc(-c2ccc(C#Cc3ccc(CCC)cc3)cc2Cl)cc1. The monoisotopic (exact) mass is 400 g/mol. The summed E-state index contributed by atoms with van der Waals surface area (Å²) in [6.07, 6.45) is 7.23. The first kappa shape index (κ1) is 21.2. The van der Waals surface area contributed by atoms with E-state index in [0.717, 1.165) is 46.5 Å². The summed E-state index contributed by atoms with van der Waals surface area (Å²) in [7, 11) is 0. The molecule has 0 heterocycles.